The van der Waals surface area contributed by atoms with Crippen molar-refractivity contribution >= 4 is 33.2 Å². The van der Waals surface area contributed by atoms with Crippen LogP contribution >= 0.6 is 11.3 Å². The summed E-state index contributed by atoms with van der Waals surface area (Å²) < 4.78 is 26.4. The Morgan fingerprint density at radius 3 is 2.32 bits per heavy atom. The lowest BCUT2D eigenvalue weighted by molar-refractivity contribution is -0.121. The first kappa shape index (κ1) is 22.1. The van der Waals surface area contributed by atoms with E-state index in [1.54, 1.807) is 49.6 Å². The predicted octanol–water partition coefficient (Wildman–Crippen LogP) is 2.01. The van der Waals surface area contributed by atoms with E-state index >= 15 is 0 Å². The summed E-state index contributed by atoms with van der Waals surface area (Å²) in [6.07, 6.45) is 0.188. The zero-order valence-corrected chi connectivity index (χ0v) is 17.5. The second-order valence-corrected chi connectivity index (χ2v) is 9.18. The molecule has 9 heteroatoms. The summed E-state index contributed by atoms with van der Waals surface area (Å²) in [6.45, 7) is 4.16. The van der Waals surface area contributed by atoms with Gasteiger partial charge in [-0.1, -0.05) is 24.3 Å². The first-order chi connectivity index (χ1) is 13.2. The molecule has 0 radical (unpaired) electrons. The van der Waals surface area contributed by atoms with E-state index in [2.05, 4.69) is 15.4 Å². The minimum Gasteiger partial charge on any atom is -0.352 e. The lowest BCUT2D eigenvalue weighted by Crippen LogP contribution is -2.31. The fourth-order valence-electron chi connectivity index (χ4n) is 2.45. The summed E-state index contributed by atoms with van der Waals surface area (Å²) in [6, 6.07) is 8.64. The van der Waals surface area contributed by atoms with E-state index in [1.807, 2.05) is 5.38 Å². The van der Waals surface area contributed by atoms with Crippen molar-refractivity contribution in [2.75, 3.05) is 6.54 Å². The Balaban J connectivity index is 1.72. The fourth-order valence-corrected chi connectivity index (χ4v) is 4.52. The number of hydrogen-bond donors (Lipinski definition) is 3. The SMILES string of the molecule is CC(C)NS(=O)(=O)Cc1ccc(CNC(=O)CCNC(=O)c2ccsc2)cc1. The van der Waals surface area contributed by atoms with Crippen LogP contribution < -0.4 is 15.4 Å². The second-order valence-electron chi connectivity index (χ2n) is 6.64. The van der Waals surface area contributed by atoms with Gasteiger partial charge in [-0.25, -0.2) is 13.1 Å². The quantitative estimate of drug-likeness (QED) is 0.544. The van der Waals surface area contributed by atoms with Gasteiger partial charge in [0, 0.05) is 36.5 Å². The number of nitrogens with one attached hydrogen (secondary N) is 3. The summed E-state index contributed by atoms with van der Waals surface area (Å²) in [5, 5.41) is 9.06. The second kappa shape index (κ2) is 10.4. The van der Waals surface area contributed by atoms with Crippen LogP contribution in [0.1, 0.15) is 41.8 Å². The Hall–Kier alpha value is -2.23. The third kappa shape index (κ3) is 7.79. The molecule has 0 aliphatic heterocycles. The zero-order valence-electron chi connectivity index (χ0n) is 15.9. The van der Waals surface area contributed by atoms with Crippen LogP contribution in [0, 0.1) is 0 Å². The summed E-state index contributed by atoms with van der Waals surface area (Å²) >= 11 is 1.44. The van der Waals surface area contributed by atoms with Crippen molar-refractivity contribution in [3.8, 4) is 0 Å². The van der Waals surface area contributed by atoms with Gasteiger partial charge in [-0.15, -0.1) is 0 Å². The molecular weight excluding hydrogens is 398 g/mol. The Labute approximate surface area is 169 Å². The molecule has 3 N–H and O–H groups in total. The molecule has 152 valence electrons. The van der Waals surface area contributed by atoms with Crippen LogP contribution in [0.3, 0.4) is 0 Å². The first-order valence-electron chi connectivity index (χ1n) is 8.90. The first-order valence-corrected chi connectivity index (χ1v) is 11.5. The van der Waals surface area contributed by atoms with Gasteiger partial charge >= 0.3 is 0 Å². The maximum Gasteiger partial charge on any atom is 0.252 e. The molecular formula is C19H25N3O4S2. The molecule has 0 aliphatic carbocycles. The van der Waals surface area contributed by atoms with E-state index < -0.39 is 10.0 Å². The van der Waals surface area contributed by atoms with E-state index in [-0.39, 0.29) is 36.6 Å². The Morgan fingerprint density at radius 1 is 1.04 bits per heavy atom. The molecule has 2 rings (SSSR count). The molecule has 7 nitrogen and oxygen atoms in total. The molecule has 1 heterocycles. The average Bonchev–Trinajstić information content (AvgIpc) is 3.14. The Kier molecular flexibility index (Phi) is 8.16. The molecule has 0 fully saturated rings. The highest BCUT2D eigenvalue weighted by Crippen LogP contribution is 2.09. The van der Waals surface area contributed by atoms with Gasteiger partial charge in [0.25, 0.3) is 5.91 Å². The molecule has 0 atom stereocenters. The minimum atomic E-state index is -3.36. The van der Waals surface area contributed by atoms with Crippen LogP contribution in [0.2, 0.25) is 0 Å². The van der Waals surface area contributed by atoms with Gasteiger partial charge in [0.2, 0.25) is 15.9 Å². The molecule has 0 saturated carbocycles. The van der Waals surface area contributed by atoms with Crippen molar-refractivity contribution in [1.29, 1.82) is 0 Å². The maximum atomic E-state index is 11.9. The van der Waals surface area contributed by atoms with Crippen LogP contribution in [0.5, 0.6) is 0 Å². The van der Waals surface area contributed by atoms with Crippen molar-refractivity contribution in [2.45, 2.75) is 38.6 Å². The van der Waals surface area contributed by atoms with Crippen LogP contribution in [0.25, 0.3) is 0 Å². The summed E-state index contributed by atoms with van der Waals surface area (Å²) in [5.41, 5.74) is 2.14. The van der Waals surface area contributed by atoms with Gasteiger partial charge in [0.15, 0.2) is 0 Å². The van der Waals surface area contributed by atoms with Gasteiger partial charge in [-0.05, 0) is 36.4 Å². The van der Waals surface area contributed by atoms with Crippen LogP contribution in [0.15, 0.2) is 41.1 Å². The third-order valence-corrected chi connectivity index (χ3v) is 5.93. The van der Waals surface area contributed by atoms with E-state index in [1.165, 1.54) is 11.3 Å². The Morgan fingerprint density at radius 2 is 1.71 bits per heavy atom. The van der Waals surface area contributed by atoms with Gasteiger partial charge < -0.3 is 10.6 Å². The van der Waals surface area contributed by atoms with Gasteiger partial charge in [0.05, 0.1) is 5.75 Å². The zero-order chi connectivity index (χ0) is 20.6. The van der Waals surface area contributed by atoms with Crippen LogP contribution in [-0.4, -0.2) is 32.8 Å². The number of thiophene rings is 1. The number of carbonyl (C=O) groups excluding carboxylic acids is 2. The number of hydrogen-bond acceptors (Lipinski definition) is 5. The number of benzene rings is 1. The van der Waals surface area contributed by atoms with Crippen molar-refractivity contribution in [3.05, 3.63) is 57.8 Å². The molecule has 0 aliphatic rings. The molecule has 0 spiro atoms. The number of amides is 2. The molecule has 1 aromatic carbocycles. The molecule has 2 aromatic rings. The largest absolute Gasteiger partial charge is 0.352 e. The van der Waals surface area contributed by atoms with Gasteiger partial charge in [-0.3, -0.25) is 9.59 Å². The molecule has 1 aromatic heterocycles. The highest BCUT2D eigenvalue weighted by atomic mass is 32.2. The van der Waals surface area contributed by atoms with Crippen molar-refractivity contribution in [1.82, 2.24) is 15.4 Å². The average molecular weight is 424 g/mol. The van der Waals surface area contributed by atoms with E-state index in [0.29, 0.717) is 17.7 Å². The molecule has 0 saturated heterocycles. The topological polar surface area (TPSA) is 104 Å². The van der Waals surface area contributed by atoms with Gasteiger partial charge in [-0.2, -0.15) is 11.3 Å². The normalized spacial score (nSPS) is 11.4. The van der Waals surface area contributed by atoms with E-state index in [9.17, 15) is 18.0 Å². The van der Waals surface area contributed by atoms with Crippen molar-refractivity contribution in [3.63, 3.8) is 0 Å². The molecule has 28 heavy (non-hydrogen) atoms. The number of rotatable bonds is 10. The van der Waals surface area contributed by atoms with Crippen LogP contribution in [0.4, 0.5) is 0 Å². The van der Waals surface area contributed by atoms with E-state index in [4.69, 9.17) is 0 Å². The van der Waals surface area contributed by atoms with E-state index in [0.717, 1.165) is 5.56 Å². The lowest BCUT2D eigenvalue weighted by Gasteiger charge is -2.10. The summed E-state index contributed by atoms with van der Waals surface area (Å²) in [7, 11) is -3.36. The predicted molar refractivity (Wildman–Crippen MR) is 110 cm³/mol. The lowest BCUT2D eigenvalue weighted by atomic mass is 10.1. The number of carbonyl (C=O) groups is 2. The standard InChI is InChI=1S/C19H25N3O4S2/c1-14(2)22-28(25,26)13-16-5-3-15(4-6-16)11-21-18(23)7-9-20-19(24)17-8-10-27-12-17/h3-6,8,10,12,14,22H,7,9,11,13H2,1-2H3,(H,20,24)(H,21,23). The Bertz CT molecular complexity index is 876. The monoisotopic (exact) mass is 423 g/mol. The summed E-state index contributed by atoms with van der Waals surface area (Å²) in [5.74, 6) is -0.438. The highest BCUT2D eigenvalue weighted by molar-refractivity contribution is 7.88. The van der Waals surface area contributed by atoms with Crippen molar-refractivity contribution in [2.24, 2.45) is 0 Å². The molecule has 0 bridgehead atoms. The summed E-state index contributed by atoms with van der Waals surface area (Å²) in [4.78, 5) is 23.7. The fraction of sp³-hybridized carbons (Fsp3) is 0.368. The van der Waals surface area contributed by atoms with Crippen LogP contribution in [-0.2, 0) is 27.1 Å². The van der Waals surface area contributed by atoms with Crippen molar-refractivity contribution < 1.29 is 18.0 Å². The minimum absolute atomic E-state index is 0.0817. The number of sulfonamides is 1. The molecule has 2 amide bonds. The molecule has 0 unspecified atom stereocenters. The van der Waals surface area contributed by atoms with Gasteiger partial charge in [0.1, 0.15) is 0 Å². The smallest absolute Gasteiger partial charge is 0.252 e. The maximum absolute atomic E-state index is 11.9. The third-order valence-electron chi connectivity index (χ3n) is 3.71. The highest BCUT2D eigenvalue weighted by Gasteiger charge is 2.13.